The number of carboxylic acids is 1. The fourth-order valence-electron chi connectivity index (χ4n) is 3.68. The van der Waals surface area contributed by atoms with Gasteiger partial charge in [0.15, 0.2) is 0 Å². The summed E-state index contributed by atoms with van der Waals surface area (Å²) in [6.45, 7) is 0. The summed E-state index contributed by atoms with van der Waals surface area (Å²) >= 11 is 0. The monoisotopic (exact) mass is 327 g/mol. The first-order valence-corrected chi connectivity index (χ1v) is 8.08. The van der Waals surface area contributed by atoms with Gasteiger partial charge in [-0.1, -0.05) is 42.5 Å². The van der Waals surface area contributed by atoms with Crippen LogP contribution >= 0.6 is 0 Å². The van der Waals surface area contributed by atoms with Crippen LogP contribution in [0.1, 0.15) is 18.4 Å². The first-order valence-electron chi connectivity index (χ1n) is 8.08. The van der Waals surface area contributed by atoms with E-state index in [1.807, 2.05) is 42.5 Å². The van der Waals surface area contributed by atoms with Crippen LogP contribution in [0, 0.1) is 23.7 Å². The largest absolute Gasteiger partial charge is 0.550 e. The Kier molecular flexibility index (Phi) is 4.64. The fourth-order valence-corrected chi connectivity index (χ4v) is 3.68. The molecule has 1 aromatic rings. The molecule has 24 heavy (non-hydrogen) atoms. The molecular weight excluding hydrogens is 308 g/mol. The second-order valence-electron chi connectivity index (χ2n) is 6.34. The number of carbonyl (C=O) groups is 3. The third-order valence-corrected chi connectivity index (χ3v) is 4.84. The molecule has 2 bridgehead atoms. The molecule has 0 aromatic heterocycles. The highest BCUT2D eigenvalue weighted by Gasteiger charge is 2.48. The Morgan fingerprint density at radius 2 is 1.67 bits per heavy atom. The van der Waals surface area contributed by atoms with Gasteiger partial charge in [0.2, 0.25) is 11.8 Å². The quantitative estimate of drug-likeness (QED) is 0.585. The van der Waals surface area contributed by atoms with Crippen LogP contribution in [-0.2, 0) is 20.8 Å². The molecule has 6 heteroatoms. The number of hydrogen-bond donors (Lipinski definition) is 2. The van der Waals surface area contributed by atoms with Crippen molar-refractivity contribution in [3.8, 4) is 0 Å². The number of fused-ring (bicyclic) bond motifs is 2. The van der Waals surface area contributed by atoms with Gasteiger partial charge in [-0.3, -0.25) is 20.4 Å². The second-order valence-corrected chi connectivity index (χ2v) is 6.34. The number of carboxylic acid groups (broad SMARTS) is 1. The lowest BCUT2D eigenvalue weighted by Gasteiger charge is -2.27. The third kappa shape index (κ3) is 3.32. The number of hydrogen-bond acceptors (Lipinski definition) is 4. The molecule has 1 aromatic carbocycles. The summed E-state index contributed by atoms with van der Waals surface area (Å²) in [6, 6.07) is 9.56. The lowest BCUT2D eigenvalue weighted by molar-refractivity contribution is -0.313. The maximum atomic E-state index is 12.3. The van der Waals surface area contributed by atoms with E-state index in [1.165, 1.54) is 0 Å². The highest BCUT2D eigenvalue weighted by molar-refractivity contribution is 5.88. The molecule has 2 amide bonds. The molecule has 0 radical (unpaired) electrons. The SMILES string of the molecule is O=C(CCc1ccccc1)NNC(=O)[C@@H]1[C@@H](C(=O)[O-])[C@H]2C=C[C@H]1C2. The molecule has 2 N–H and O–H groups in total. The van der Waals surface area contributed by atoms with Gasteiger partial charge >= 0.3 is 0 Å². The van der Waals surface area contributed by atoms with Crippen LogP contribution in [0.25, 0.3) is 0 Å². The Balaban J connectivity index is 1.49. The molecule has 4 atom stereocenters. The first-order chi connectivity index (χ1) is 11.6. The van der Waals surface area contributed by atoms with Crippen LogP contribution in [0.2, 0.25) is 0 Å². The van der Waals surface area contributed by atoms with E-state index in [0.717, 1.165) is 5.56 Å². The summed E-state index contributed by atoms with van der Waals surface area (Å²) in [7, 11) is 0. The molecule has 0 saturated heterocycles. The summed E-state index contributed by atoms with van der Waals surface area (Å²) in [5.41, 5.74) is 5.78. The van der Waals surface area contributed by atoms with E-state index in [9.17, 15) is 19.5 Å². The molecule has 1 saturated carbocycles. The summed E-state index contributed by atoms with van der Waals surface area (Å²) < 4.78 is 0. The zero-order chi connectivity index (χ0) is 17.1. The standard InChI is InChI=1S/C18H20N2O4/c21-14(9-6-11-4-2-1-3-5-11)19-20-17(22)15-12-7-8-13(10-12)16(15)18(23)24/h1-5,7-8,12-13,15-16H,6,9-10H2,(H,19,21)(H,20,22)(H,23,24)/p-1/t12-,13-,15-,16-/m0/s1. The Bertz CT molecular complexity index is 671. The van der Waals surface area contributed by atoms with E-state index in [0.29, 0.717) is 12.8 Å². The maximum absolute atomic E-state index is 12.3. The summed E-state index contributed by atoms with van der Waals surface area (Å²) in [4.78, 5) is 35.4. The number of carbonyl (C=O) groups excluding carboxylic acids is 3. The van der Waals surface area contributed by atoms with Gasteiger partial charge in [-0.05, 0) is 30.2 Å². The van der Waals surface area contributed by atoms with Crippen molar-refractivity contribution < 1.29 is 19.5 Å². The zero-order valence-electron chi connectivity index (χ0n) is 13.1. The Morgan fingerprint density at radius 3 is 2.33 bits per heavy atom. The molecule has 1 fully saturated rings. The highest BCUT2D eigenvalue weighted by atomic mass is 16.4. The van der Waals surface area contributed by atoms with Crippen molar-refractivity contribution in [2.24, 2.45) is 23.7 Å². The molecule has 126 valence electrons. The van der Waals surface area contributed by atoms with Crippen molar-refractivity contribution in [1.82, 2.24) is 10.9 Å². The highest BCUT2D eigenvalue weighted by Crippen LogP contribution is 2.47. The fraction of sp³-hybridized carbons (Fsp3) is 0.389. The predicted molar refractivity (Wildman–Crippen MR) is 83.8 cm³/mol. The smallest absolute Gasteiger partial charge is 0.242 e. The molecule has 2 aliphatic carbocycles. The van der Waals surface area contributed by atoms with E-state index in [4.69, 9.17) is 0 Å². The van der Waals surface area contributed by atoms with Gasteiger partial charge in [0.25, 0.3) is 0 Å². The minimum atomic E-state index is -1.21. The van der Waals surface area contributed by atoms with Crippen molar-refractivity contribution >= 4 is 17.8 Å². The molecule has 3 rings (SSSR count). The van der Waals surface area contributed by atoms with Crippen molar-refractivity contribution in [2.75, 3.05) is 0 Å². The van der Waals surface area contributed by atoms with Gasteiger partial charge in [-0.15, -0.1) is 0 Å². The summed E-state index contributed by atoms with van der Waals surface area (Å²) in [5, 5.41) is 11.3. The third-order valence-electron chi connectivity index (χ3n) is 4.84. The topological polar surface area (TPSA) is 98.3 Å². The molecule has 2 aliphatic rings. The Labute approximate surface area is 139 Å². The van der Waals surface area contributed by atoms with Crippen LogP contribution in [0.5, 0.6) is 0 Å². The minimum absolute atomic E-state index is 0.0980. The summed E-state index contributed by atoms with van der Waals surface area (Å²) in [5.74, 6) is -3.73. The molecule has 0 aliphatic heterocycles. The van der Waals surface area contributed by atoms with Gasteiger partial charge in [-0.2, -0.15) is 0 Å². The predicted octanol–water partition coefficient (Wildman–Crippen LogP) is -0.0452. The summed E-state index contributed by atoms with van der Waals surface area (Å²) in [6.07, 6.45) is 5.18. The Morgan fingerprint density at radius 1 is 1.00 bits per heavy atom. The number of aliphatic carboxylic acids is 1. The number of amides is 2. The van der Waals surface area contributed by atoms with E-state index < -0.39 is 23.7 Å². The minimum Gasteiger partial charge on any atom is -0.550 e. The van der Waals surface area contributed by atoms with E-state index in [1.54, 1.807) is 0 Å². The number of aryl methyl sites for hydroxylation is 1. The van der Waals surface area contributed by atoms with Gasteiger partial charge in [0.1, 0.15) is 0 Å². The van der Waals surface area contributed by atoms with Crippen molar-refractivity contribution in [2.45, 2.75) is 19.3 Å². The number of hydrazine groups is 1. The van der Waals surface area contributed by atoms with Crippen LogP contribution < -0.4 is 16.0 Å². The first kappa shape index (κ1) is 16.2. The van der Waals surface area contributed by atoms with Crippen LogP contribution in [-0.4, -0.2) is 17.8 Å². The normalized spacial score (nSPS) is 27.0. The number of benzene rings is 1. The second kappa shape index (κ2) is 6.86. The lowest BCUT2D eigenvalue weighted by atomic mass is 9.82. The van der Waals surface area contributed by atoms with Crippen molar-refractivity contribution in [3.05, 3.63) is 48.0 Å². The maximum Gasteiger partial charge on any atom is 0.242 e. The number of rotatable bonds is 5. The molecule has 0 heterocycles. The van der Waals surface area contributed by atoms with Crippen molar-refractivity contribution in [1.29, 1.82) is 0 Å². The van der Waals surface area contributed by atoms with E-state index in [2.05, 4.69) is 10.9 Å². The molecule has 0 unspecified atom stereocenters. The van der Waals surface area contributed by atoms with Gasteiger partial charge in [-0.25, -0.2) is 0 Å². The number of allylic oxidation sites excluding steroid dienone is 2. The zero-order valence-corrected chi connectivity index (χ0v) is 13.1. The average molecular weight is 327 g/mol. The van der Waals surface area contributed by atoms with Gasteiger partial charge < -0.3 is 9.90 Å². The van der Waals surface area contributed by atoms with Gasteiger partial charge in [0.05, 0.1) is 5.92 Å². The van der Waals surface area contributed by atoms with Crippen LogP contribution in [0.15, 0.2) is 42.5 Å². The lowest BCUT2D eigenvalue weighted by Crippen LogP contribution is -2.50. The Hall–Kier alpha value is -2.63. The van der Waals surface area contributed by atoms with Crippen molar-refractivity contribution in [3.63, 3.8) is 0 Å². The van der Waals surface area contributed by atoms with Gasteiger partial charge in [0, 0.05) is 18.3 Å². The van der Waals surface area contributed by atoms with E-state index in [-0.39, 0.29) is 24.2 Å². The van der Waals surface area contributed by atoms with Crippen LogP contribution in [0.3, 0.4) is 0 Å². The average Bonchev–Trinajstić information content (AvgIpc) is 3.20. The van der Waals surface area contributed by atoms with Crippen LogP contribution in [0.4, 0.5) is 0 Å². The molecule has 6 nitrogen and oxygen atoms in total. The number of nitrogens with one attached hydrogen (secondary N) is 2. The molecule has 0 spiro atoms. The molecular formula is C18H19N2O4-. The van der Waals surface area contributed by atoms with E-state index >= 15 is 0 Å².